The molecule has 4 heteroatoms. The second-order valence-corrected chi connectivity index (χ2v) is 6.74. The van der Waals surface area contributed by atoms with Crippen molar-refractivity contribution in [3.05, 3.63) is 29.2 Å². The molecule has 2 bridgehead atoms. The molecule has 112 valence electrons. The summed E-state index contributed by atoms with van der Waals surface area (Å²) in [6.07, 6.45) is 12.5. The van der Waals surface area contributed by atoms with Gasteiger partial charge < -0.3 is 9.84 Å². The number of allylic oxidation sites excluding steroid dienone is 2. The molecule has 1 aromatic heterocycles. The van der Waals surface area contributed by atoms with Gasteiger partial charge in [-0.25, -0.2) is 0 Å². The van der Waals surface area contributed by atoms with Gasteiger partial charge in [0.25, 0.3) is 5.91 Å². The molecule has 3 atom stereocenters. The molecular weight excluding hydrogens is 264 g/mol. The molecule has 0 aliphatic heterocycles. The van der Waals surface area contributed by atoms with E-state index >= 15 is 0 Å². The lowest BCUT2D eigenvalue weighted by atomic mass is 9.93. The van der Waals surface area contributed by atoms with Gasteiger partial charge in [0.1, 0.15) is 5.76 Å². The van der Waals surface area contributed by atoms with Gasteiger partial charge in [0.2, 0.25) is 0 Å². The molecule has 3 aliphatic rings. The fraction of sp³-hybridized carbons (Fsp3) is 0.647. The number of fused-ring (bicyclic) bond motifs is 3. The maximum Gasteiger partial charge on any atom is 0.273 e. The van der Waals surface area contributed by atoms with Gasteiger partial charge in [0, 0.05) is 18.5 Å². The van der Waals surface area contributed by atoms with Crippen LogP contribution in [0.3, 0.4) is 0 Å². The van der Waals surface area contributed by atoms with Crippen molar-refractivity contribution in [2.45, 2.75) is 44.9 Å². The molecule has 0 unspecified atom stereocenters. The van der Waals surface area contributed by atoms with Crippen LogP contribution in [0.5, 0.6) is 0 Å². The van der Waals surface area contributed by atoms with Gasteiger partial charge in [-0.05, 0) is 49.9 Å². The van der Waals surface area contributed by atoms with Crippen LogP contribution < -0.4 is 5.32 Å². The second kappa shape index (κ2) is 5.32. The summed E-state index contributed by atoms with van der Waals surface area (Å²) in [6, 6.07) is 0. The first-order valence-electron chi connectivity index (χ1n) is 8.25. The molecule has 1 heterocycles. The van der Waals surface area contributed by atoms with Crippen molar-refractivity contribution >= 4 is 5.91 Å². The molecule has 3 aliphatic carbocycles. The zero-order valence-corrected chi connectivity index (χ0v) is 12.3. The number of nitrogens with one attached hydrogen (secondary N) is 1. The number of hydrogen-bond acceptors (Lipinski definition) is 3. The zero-order valence-electron chi connectivity index (χ0n) is 12.3. The molecule has 4 nitrogen and oxygen atoms in total. The summed E-state index contributed by atoms with van der Waals surface area (Å²) >= 11 is 0. The molecule has 0 radical (unpaired) electrons. The van der Waals surface area contributed by atoms with E-state index in [-0.39, 0.29) is 5.91 Å². The highest BCUT2D eigenvalue weighted by Crippen LogP contribution is 2.42. The minimum Gasteiger partial charge on any atom is -0.360 e. The van der Waals surface area contributed by atoms with Gasteiger partial charge in [0.05, 0.1) is 0 Å². The van der Waals surface area contributed by atoms with E-state index in [4.69, 9.17) is 4.52 Å². The quantitative estimate of drug-likeness (QED) is 0.686. The van der Waals surface area contributed by atoms with E-state index in [0.29, 0.717) is 17.5 Å². The fourth-order valence-corrected chi connectivity index (χ4v) is 4.18. The van der Waals surface area contributed by atoms with E-state index in [1.165, 1.54) is 19.3 Å². The van der Waals surface area contributed by atoms with Gasteiger partial charge in [-0.15, -0.1) is 0 Å². The summed E-state index contributed by atoms with van der Waals surface area (Å²) < 4.78 is 5.39. The smallest absolute Gasteiger partial charge is 0.273 e. The summed E-state index contributed by atoms with van der Waals surface area (Å²) in [5, 5.41) is 7.12. The van der Waals surface area contributed by atoms with Crippen LogP contribution >= 0.6 is 0 Å². The van der Waals surface area contributed by atoms with Gasteiger partial charge in [-0.2, -0.15) is 0 Å². The number of nitrogens with zero attached hydrogens (tertiary/aromatic N) is 1. The molecule has 21 heavy (non-hydrogen) atoms. The number of carbonyl (C=O) groups excluding carboxylic acids is 1. The van der Waals surface area contributed by atoms with Crippen molar-refractivity contribution in [3.63, 3.8) is 0 Å². The summed E-state index contributed by atoms with van der Waals surface area (Å²) in [7, 11) is 0. The number of hydrogen-bond donors (Lipinski definition) is 1. The van der Waals surface area contributed by atoms with Gasteiger partial charge >= 0.3 is 0 Å². The topological polar surface area (TPSA) is 55.1 Å². The molecule has 0 saturated heterocycles. The second-order valence-electron chi connectivity index (χ2n) is 6.74. The van der Waals surface area contributed by atoms with Crippen LogP contribution in [0.4, 0.5) is 0 Å². The highest BCUT2D eigenvalue weighted by atomic mass is 16.5. The van der Waals surface area contributed by atoms with E-state index in [1.807, 2.05) is 0 Å². The van der Waals surface area contributed by atoms with Crippen molar-refractivity contribution in [2.75, 3.05) is 6.54 Å². The summed E-state index contributed by atoms with van der Waals surface area (Å²) in [4.78, 5) is 12.4. The van der Waals surface area contributed by atoms with Crippen LogP contribution in [0.25, 0.3) is 0 Å². The lowest BCUT2D eigenvalue weighted by molar-refractivity contribution is 0.0935. The van der Waals surface area contributed by atoms with Crippen molar-refractivity contribution in [1.29, 1.82) is 0 Å². The minimum absolute atomic E-state index is 0.0475. The Bertz CT molecular complexity index is 575. The number of carbonyl (C=O) groups is 1. The average molecular weight is 286 g/mol. The first-order chi connectivity index (χ1) is 10.3. The van der Waals surface area contributed by atoms with Crippen molar-refractivity contribution < 1.29 is 9.32 Å². The standard InChI is InChI=1S/C17H22N2O2/c20-17(18-10-13-9-11-6-7-12(13)8-11)16-14-4-2-1-3-5-15(14)21-19-16/h6-7,11-13H,1-5,8-10H2,(H,18,20)/t11-,12+,13+/m1/s1. The fourth-order valence-electron chi connectivity index (χ4n) is 4.18. The Morgan fingerprint density at radius 3 is 2.95 bits per heavy atom. The van der Waals surface area contributed by atoms with Crippen LogP contribution in [0.15, 0.2) is 16.7 Å². The van der Waals surface area contributed by atoms with Gasteiger partial charge in [-0.3, -0.25) is 4.79 Å². The first-order valence-corrected chi connectivity index (χ1v) is 8.25. The van der Waals surface area contributed by atoms with Crippen LogP contribution in [0.1, 0.15) is 53.9 Å². The number of aryl methyl sites for hydroxylation is 1. The van der Waals surface area contributed by atoms with E-state index in [2.05, 4.69) is 22.6 Å². The van der Waals surface area contributed by atoms with Crippen LogP contribution in [-0.4, -0.2) is 17.6 Å². The third kappa shape index (κ3) is 2.41. The Hall–Kier alpha value is -1.58. The third-order valence-electron chi connectivity index (χ3n) is 5.36. The minimum atomic E-state index is -0.0475. The van der Waals surface area contributed by atoms with Gasteiger partial charge in [-0.1, -0.05) is 23.7 Å². The molecule has 4 rings (SSSR count). The van der Waals surface area contributed by atoms with E-state index in [0.717, 1.165) is 49.5 Å². The Labute approximate surface area is 125 Å². The first kappa shape index (κ1) is 13.1. The average Bonchev–Trinajstić information content (AvgIpc) is 3.17. The lowest BCUT2D eigenvalue weighted by Crippen LogP contribution is -2.31. The maximum atomic E-state index is 12.4. The monoisotopic (exact) mass is 286 g/mol. The molecule has 0 aromatic carbocycles. The Morgan fingerprint density at radius 1 is 1.24 bits per heavy atom. The van der Waals surface area contributed by atoms with E-state index < -0.39 is 0 Å². The molecule has 1 fully saturated rings. The number of amides is 1. The summed E-state index contributed by atoms with van der Waals surface area (Å²) in [6.45, 7) is 0.770. The van der Waals surface area contributed by atoms with Crippen molar-refractivity contribution in [3.8, 4) is 0 Å². The predicted molar refractivity (Wildman–Crippen MR) is 78.9 cm³/mol. The van der Waals surface area contributed by atoms with Crippen molar-refractivity contribution in [1.82, 2.24) is 10.5 Å². The normalized spacial score (nSPS) is 30.2. The van der Waals surface area contributed by atoms with Crippen LogP contribution in [0.2, 0.25) is 0 Å². The summed E-state index contributed by atoms with van der Waals surface area (Å²) in [5.74, 6) is 2.91. The highest BCUT2D eigenvalue weighted by Gasteiger charge is 2.35. The zero-order chi connectivity index (χ0) is 14.2. The van der Waals surface area contributed by atoms with E-state index in [1.54, 1.807) is 0 Å². The highest BCUT2D eigenvalue weighted by molar-refractivity contribution is 5.93. The Kier molecular flexibility index (Phi) is 3.32. The Balaban J connectivity index is 1.41. The third-order valence-corrected chi connectivity index (χ3v) is 5.36. The SMILES string of the molecule is O=C(NC[C@@H]1C[C@@H]2C=C[C@H]1C2)c1noc2c1CCCCC2. The molecular formula is C17H22N2O2. The molecule has 1 N–H and O–H groups in total. The molecule has 1 saturated carbocycles. The van der Waals surface area contributed by atoms with Crippen molar-refractivity contribution in [2.24, 2.45) is 17.8 Å². The Morgan fingerprint density at radius 2 is 2.14 bits per heavy atom. The summed E-state index contributed by atoms with van der Waals surface area (Å²) in [5.41, 5.74) is 1.59. The van der Waals surface area contributed by atoms with E-state index in [9.17, 15) is 4.79 Å². The molecule has 1 aromatic rings. The number of aromatic nitrogens is 1. The molecule has 1 amide bonds. The maximum absolute atomic E-state index is 12.4. The molecule has 0 spiro atoms. The van der Waals surface area contributed by atoms with Crippen LogP contribution in [-0.2, 0) is 12.8 Å². The lowest BCUT2D eigenvalue weighted by Gasteiger charge is -2.18. The van der Waals surface area contributed by atoms with Crippen LogP contribution in [0, 0.1) is 17.8 Å². The van der Waals surface area contributed by atoms with Gasteiger partial charge in [0.15, 0.2) is 5.69 Å². The predicted octanol–water partition coefficient (Wildman–Crippen LogP) is 2.89. The largest absolute Gasteiger partial charge is 0.360 e. The number of rotatable bonds is 3.